The molecule has 0 spiro atoms. The van der Waals surface area contributed by atoms with E-state index in [1.165, 1.54) is 0 Å². The van der Waals surface area contributed by atoms with Gasteiger partial charge in [0.15, 0.2) is 0 Å². The summed E-state index contributed by atoms with van der Waals surface area (Å²) >= 11 is 0. The lowest BCUT2D eigenvalue weighted by Crippen LogP contribution is -2.02. The highest BCUT2D eigenvalue weighted by Crippen LogP contribution is 2.14. The molecule has 0 fully saturated rings. The lowest BCUT2D eigenvalue weighted by Gasteiger charge is -2.02. The normalized spacial score (nSPS) is 16.1. The summed E-state index contributed by atoms with van der Waals surface area (Å²) in [5.74, 6) is 0. The van der Waals surface area contributed by atoms with Crippen LogP contribution in [0.4, 0.5) is 0 Å². The number of aromatic nitrogens is 3. The van der Waals surface area contributed by atoms with Gasteiger partial charge in [0.1, 0.15) is 5.69 Å². The zero-order chi connectivity index (χ0) is 8.39. The van der Waals surface area contributed by atoms with Gasteiger partial charge >= 0.3 is 0 Å². The molecule has 0 saturated carbocycles. The van der Waals surface area contributed by atoms with Gasteiger partial charge in [-0.25, -0.2) is 4.68 Å². The molecule has 0 unspecified atom stereocenters. The predicted molar refractivity (Wildman–Crippen MR) is 43.3 cm³/mol. The zero-order valence-electron chi connectivity index (χ0n) is 6.46. The van der Waals surface area contributed by atoms with E-state index in [0.717, 1.165) is 0 Å². The summed E-state index contributed by atoms with van der Waals surface area (Å²) < 4.78 is 1.71. The van der Waals surface area contributed by atoms with Crippen LogP contribution in [0.3, 0.4) is 0 Å². The van der Waals surface area contributed by atoms with Crippen LogP contribution in [0.25, 0.3) is 0 Å². The average molecular weight is 163 g/mol. The molecule has 1 N–H and O–H groups in total. The van der Waals surface area contributed by atoms with Crippen molar-refractivity contribution >= 4 is 0 Å². The fourth-order valence-electron chi connectivity index (χ4n) is 1.13. The molecule has 0 amide bonds. The molecular weight excluding hydrogens is 154 g/mol. The van der Waals surface area contributed by atoms with Crippen LogP contribution in [0, 0.1) is 0 Å². The van der Waals surface area contributed by atoms with Gasteiger partial charge in [-0.2, -0.15) is 0 Å². The average Bonchev–Trinajstić information content (AvgIpc) is 2.75. The highest BCUT2D eigenvalue weighted by molar-refractivity contribution is 5.19. The Morgan fingerprint density at radius 2 is 2.17 bits per heavy atom. The Morgan fingerprint density at radius 3 is 2.75 bits per heavy atom. The van der Waals surface area contributed by atoms with Crippen molar-refractivity contribution in [3.8, 4) is 0 Å². The largest absolute Gasteiger partial charge is 0.390 e. The fourth-order valence-corrected chi connectivity index (χ4v) is 1.13. The molecule has 1 aliphatic carbocycles. The highest BCUT2D eigenvalue weighted by Gasteiger charge is 2.07. The van der Waals surface area contributed by atoms with Crippen LogP contribution in [0.15, 0.2) is 30.5 Å². The van der Waals surface area contributed by atoms with Crippen LogP contribution in [-0.4, -0.2) is 20.1 Å². The molecule has 0 aromatic carbocycles. The molecule has 4 nitrogen and oxygen atoms in total. The third-order valence-corrected chi connectivity index (χ3v) is 1.75. The molecule has 2 rings (SSSR count). The molecule has 0 bridgehead atoms. The summed E-state index contributed by atoms with van der Waals surface area (Å²) in [5.41, 5.74) is 0.601. The second-order valence-electron chi connectivity index (χ2n) is 2.61. The minimum atomic E-state index is -0.0554. The second kappa shape index (κ2) is 2.91. The Balaban J connectivity index is 2.22. The third-order valence-electron chi connectivity index (χ3n) is 1.75. The molecule has 4 heteroatoms. The van der Waals surface area contributed by atoms with E-state index < -0.39 is 0 Å². The monoisotopic (exact) mass is 163 g/mol. The predicted octanol–water partition coefficient (Wildman–Crippen LogP) is 0.437. The SMILES string of the molecule is OCc1cn(C2C=CC=C2)nn1. The standard InChI is InChI=1S/C8H9N3O/c12-6-7-5-11(10-9-7)8-3-1-2-4-8/h1-5,8,12H,6H2. The van der Waals surface area contributed by atoms with Crippen molar-refractivity contribution in [3.63, 3.8) is 0 Å². The van der Waals surface area contributed by atoms with Gasteiger partial charge in [0.05, 0.1) is 18.8 Å². The first-order valence-corrected chi connectivity index (χ1v) is 3.77. The maximum atomic E-state index is 8.74. The molecule has 1 aromatic rings. The van der Waals surface area contributed by atoms with E-state index in [0.29, 0.717) is 5.69 Å². The van der Waals surface area contributed by atoms with E-state index in [2.05, 4.69) is 10.3 Å². The first-order valence-electron chi connectivity index (χ1n) is 3.77. The quantitative estimate of drug-likeness (QED) is 0.688. The number of hydrogen-bond acceptors (Lipinski definition) is 3. The van der Waals surface area contributed by atoms with Gasteiger partial charge in [0, 0.05) is 0 Å². The van der Waals surface area contributed by atoms with Gasteiger partial charge in [0.25, 0.3) is 0 Å². The summed E-state index contributed by atoms with van der Waals surface area (Å²) in [4.78, 5) is 0. The minimum absolute atomic E-state index is 0.0554. The number of rotatable bonds is 2. The van der Waals surface area contributed by atoms with Gasteiger partial charge in [0.2, 0.25) is 0 Å². The van der Waals surface area contributed by atoms with Crippen molar-refractivity contribution in [2.45, 2.75) is 12.6 Å². The molecule has 0 aliphatic heterocycles. The maximum Gasteiger partial charge on any atom is 0.108 e. The van der Waals surface area contributed by atoms with Crippen LogP contribution in [0.5, 0.6) is 0 Å². The molecule has 1 heterocycles. The van der Waals surface area contributed by atoms with Crippen molar-refractivity contribution in [1.82, 2.24) is 15.0 Å². The Morgan fingerprint density at radius 1 is 1.42 bits per heavy atom. The summed E-state index contributed by atoms with van der Waals surface area (Å²) in [6, 6.07) is 0.165. The van der Waals surface area contributed by atoms with Crippen LogP contribution in [-0.2, 0) is 6.61 Å². The topological polar surface area (TPSA) is 50.9 Å². The zero-order valence-corrected chi connectivity index (χ0v) is 6.46. The Bertz CT molecular complexity index is 315. The van der Waals surface area contributed by atoms with E-state index in [-0.39, 0.29) is 12.6 Å². The van der Waals surface area contributed by atoms with Gasteiger partial charge in [-0.15, -0.1) is 5.10 Å². The molecule has 1 aliphatic rings. The van der Waals surface area contributed by atoms with Crippen molar-refractivity contribution < 1.29 is 5.11 Å². The van der Waals surface area contributed by atoms with E-state index >= 15 is 0 Å². The molecule has 62 valence electrons. The van der Waals surface area contributed by atoms with Gasteiger partial charge in [-0.05, 0) is 0 Å². The minimum Gasteiger partial charge on any atom is -0.390 e. The number of allylic oxidation sites excluding steroid dienone is 4. The van der Waals surface area contributed by atoms with Crippen molar-refractivity contribution in [1.29, 1.82) is 0 Å². The molecule has 0 radical (unpaired) electrons. The fraction of sp³-hybridized carbons (Fsp3) is 0.250. The first kappa shape index (κ1) is 7.24. The van der Waals surface area contributed by atoms with E-state index in [9.17, 15) is 0 Å². The lowest BCUT2D eigenvalue weighted by molar-refractivity contribution is 0.276. The Labute approximate surface area is 69.8 Å². The van der Waals surface area contributed by atoms with Crippen LogP contribution in [0.1, 0.15) is 11.7 Å². The van der Waals surface area contributed by atoms with E-state index in [1.807, 2.05) is 24.3 Å². The lowest BCUT2D eigenvalue weighted by atomic mass is 10.3. The number of aliphatic hydroxyl groups excluding tert-OH is 1. The highest BCUT2D eigenvalue weighted by atomic mass is 16.3. The van der Waals surface area contributed by atoms with Crippen LogP contribution in [0.2, 0.25) is 0 Å². The smallest absolute Gasteiger partial charge is 0.108 e. The molecule has 0 atom stereocenters. The van der Waals surface area contributed by atoms with Crippen LogP contribution >= 0.6 is 0 Å². The molecule has 12 heavy (non-hydrogen) atoms. The Hall–Kier alpha value is -1.42. The molecule has 1 aromatic heterocycles. The van der Waals surface area contributed by atoms with Gasteiger partial charge in [-0.1, -0.05) is 29.5 Å². The van der Waals surface area contributed by atoms with E-state index in [1.54, 1.807) is 10.9 Å². The summed E-state index contributed by atoms with van der Waals surface area (Å²) in [5, 5.41) is 16.4. The number of nitrogens with zero attached hydrogens (tertiary/aromatic N) is 3. The van der Waals surface area contributed by atoms with Gasteiger partial charge < -0.3 is 5.11 Å². The van der Waals surface area contributed by atoms with Crippen molar-refractivity contribution in [3.05, 3.63) is 36.2 Å². The molecule has 0 saturated heterocycles. The second-order valence-corrected chi connectivity index (χ2v) is 2.61. The third kappa shape index (κ3) is 1.16. The molecular formula is C8H9N3O. The first-order chi connectivity index (χ1) is 5.90. The van der Waals surface area contributed by atoms with Crippen molar-refractivity contribution in [2.24, 2.45) is 0 Å². The summed E-state index contributed by atoms with van der Waals surface area (Å²) in [7, 11) is 0. The summed E-state index contributed by atoms with van der Waals surface area (Å²) in [6.07, 6.45) is 9.69. The van der Waals surface area contributed by atoms with Crippen molar-refractivity contribution in [2.75, 3.05) is 0 Å². The number of hydrogen-bond donors (Lipinski definition) is 1. The maximum absolute atomic E-state index is 8.74. The number of aliphatic hydroxyl groups is 1. The summed E-state index contributed by atoms with van der Waals surface area (Å²) in [6.45, 7) is -0.0554. The van der Waals surface area contributed by atoms with Gasteiger partial charge in [-0.3, -0.25) is 0 Å². The Kier molecular flexibility index (Phi) is 1.75. The van der Waals surface area contributed by atoms with E-state index in [4.69, 9.17) is 5.11 Å². The van der Waals surface area contributed by atoms with Crippen LogP contribution < -0.4 is 0 Å².